The highest BCUT2D eigenvalue weighted by Gasteiger charge is 2.29. The lowest BCUT2D eigenvalue weighted by molar-refractivity contribution is -0.137. The first kappa shape index (κ1) is 14.2. The van der Waals surface area contributed by atoms with Gasteiger partial charge in [-0.15, -0.1) is 0 Å². The molecule has 0 saturated heterocycles. The molecular weight excluding hydrogens is 319 g/mol. The molecule has 3 aromatic rings. The molecule has 0 spiro atoms. The molecule has 21 heavy (non-hydrogen) atoms. The summed E-state index contributed by atoms with van der Waals surface area (Å²) in [4.78, 5) is 0.912. The zero-order valence-electron chi connectivity index (χ0n) is 10.4. The van der Waals surface area contributed by atoms with Gasteiger partial charge in [0, 0.05) is 10.6 Å². The highest BCUT2D eigenvalue weighted by molar-refractivity contribution is 8.00. The van der Waals surface area contributed by atoms with Crippen LogP contribution in [0.4, 0.5) is 18.9 Å². The van der Waals surface area contributed by atoms with Gasteiger partial charge in [-0.1, -0.05) is 0 Å². The molecule has 0 atom stereocenters. The fourth-order valence-electron chi connectivity index (χ4n) is 1.67. The predicted molar refractivity (Wildman–Crippen MR) is 78.3 cm³/mol. The number of hydrogen-bond donors (Lipinski definition) is 1. The largest absolute Gasteiger partial charge is 0.416 e. The number of anilines is 1. The smallest absolute Gasteiger partial charge is 0.326 e. The third kappa shape index (κ3) is 3.27. The second-order valence-electron chi connectivity index (χ2n) is 4.19. The van der Waals surface area contributed by atoms with E-state index in [1.54, 1.807) is 0 Å². The highest BCUT2D eigenvalue weighted by Crippen LogP contribution is 2.31. The predicted octanol–water partition coefficient (Wildman–Crippen LogP) is 4.83. The minimum Gasteiger partial charge on any atom is -0.326 e. The molecule has 0 radical (unpaired) electrons. The molecule has 0 unspecified atom stereocenters. The molecular formula is C13H8F3N3S2. The molecule has 0 saturated carbocycles. The molecule has 0 aliphatic carbocycles. The van der Waals surface area contributed by atoms with E-state index in [0.29, 0.717) is 5.69 Å². The van der Waals surface area contributed by atoms with Crippen molar-refractivity contribution in [3.05, 3.63) is 48.0 Å². The molecule has 8 heteroatoms. The van der Waals surface area contributed by atoms with Crippen LogP contribution >= 0.6 is 23.7 Å². The van der Waals surface area contributed by atoms with Gasteiger partial charge in [0.15, 0.2) is 0 Å². The van der Waals surface area contributed by atoms with Crippen molar-refractivity contribution < 1.29 is 13.2 Å². The summed E-state index contributed by atoms with van der Waals surface area (Å²) < 4.78 is 48.6. The fraction of sp³-hybridized carbons (Fsp3) is 0.0769. The summed E-state index contributed by atoms with van der Waals surface area (Å²) in [5.74, 6) is 0. The summed E-state index contributed by atoms with van der Waals surface area (Å²) in [5, 5.41) is 0. The number of nitrogens with zero attached hydrogens (tertiary/aromatic N) is 2. The molecule has 0 aliphatic heterocycles. The number of nitrogens with one attached hydrogen (secondary N) is 1. The average molecular weight is 327 g/mol. The Kier molecular flexibility index (Phi) is 3.73. The van der Waals surface area contributed by atoms with E-state index in [1.807, 2.05) is 18.2 Å². The second-order valence-corrected chi connectivity index (χ2v) is 5.60. The van der Waals surface area contributed by atoms with Gasteiger partial charge < -0.3 is 4.72 Å². The van der Waals surface area contributed by atoms with Crippen molar-refractivity contribution in [3.8, 4) is 0 Å². The Balaban J connectivity index is 1.69. The van der Waals surface area contributed by atoms with Gasteiger partial charge in [-0.2, -0.15) is 21.9 Å². The van der Waals surface area contributed by atoms with Crippen LogP contribution in [0.1, 0.15) is 5.56 Å². The quantitative estimate of drug-likeness (QED) is 0.699. The van der Waals surface area contributed by atoms with E-state index in [0.717, 1.165) is 39.8 Å². The fourth-order valence-corrected chi connectivity index (χ4v) is 2.87. The number of hydrogen-bond acceptors (Lipinski definition) is 5. The topological polar surface area (TPSA) is 37.8 Å². The molecule has 0 fully saturated rings. The van der Waals surface area contributed by atoms with Crippen molar-refractivity contribution in [2.24, 2.45) is 0 Å². The monoisotopic (exact) mass is 327 g/mol. The molecule has 1 heterocycles. The molecule has 0 amide bonds. The number of fused-ring (bicyclic) bond motifs is 1. The molecule has 3 nitrogen and oxygen atoms in total. The van der Waals surface area contributed by atoms with E-state index in [1.165, 1.54) is 24.1 Å². The van der Waals surface area contributed by atoms with Crippen LogP contribution in [0.2, 0.25) is 0 Å². The minimum absolute atomic E-state index is 0.601. The molecule has 0 aliphatic rings. The standard InChI is InChI=1S/C13H8F3N3S2/c14-13(15,16)8-1-3-9(4-2-8)17-20-10-5-6-11-12(7-10)19-21-18-11/h1-7,17H. The molecule has 1 N–H and O–H groups in total. The average Bonchev–Trinajstić information content (AvgIpc) is 2.92. The summed E-state index contributed by atoms with van der Waals surface area (Å²) in [6.07, 6.45) is -4.31. The molecule has 2 aromatic carbocycles. The molecule has 108 valence electrons. The summed E-state index contributed by atoms with van der Waals surface area (Å²) in [6, 6.07) is 10.5. The van der Waals surface area contributed by atoms with Crippen molar-refractivity contribution in [2.45, 2.75) is 11.1 Å². The third-order valence-corrected chi connectivity index (χ3v) is 4.11. The SMILES string of the molecule is FC(F)(F)c1ccc(NSc2ccc3nsnc3c2)cc1. The summed E-state index contributed by atoms with van der Waals surface area (Å²) in [5.41, 5.74) is 1.58. The maximum absolute atomic E-state index is 12.5. The van der Waals surface area contributed by atoms with Crippen molar-refractivity contribution in [2.75, 3.05) is 4.72 Å². The summed E-state index contributed by atoms with van der Waals surface area (Å²) in [6.45, 7) is 0. The number of halogens is 3. The van der Waals surface area contributed by atoms with Crippen LogP contribution in [0.3, 0.4) is 0 Å². The van der Waals surface area contributed by atoms with Crippen molar-refractivity contribution in [3.63, 3.8) is 0 Å². The Hall–Kier alpha value is -1.80. The van der Waals surface area contributed by atoms with Gasteiger partial charge in [0.1, 0.15) is 11.0 Å². The first-order chi connectivity index (χ1) is 10.0. The van der Waals surface area contributed by atoms with Crippen molar-refractivity contribution >= 4 is 40.4 Å². The van der Waals surface area contributed by atoms with Crippen LogP contribution in [-0.4, -0.2) is 8.75 Å². The van der Waals surface area contributed by atoms with E-state index < -0.39 is 11.7 Å². The highest BCUT2D eigenvalue weighted by atomic mass is 32.2. The molecule has 0 bridgehead atoms. The van der Waals surface area contributed by atoms with Crippen molar-refractivity contribution in [1.82, 2.24) is 8.75 Å². The van der Waals surface area contributed by atoms with Crippen LogP contribution in [0, 0.1) is 0 Å². The van der Waals surface area contributed by atoms with E-state index in [2.05, 4.69) is 13.5 Å². The third-order valence-electron chi connectivity index (χ3n) is 2.72. The number of alkyl halides is 3. The lowest BCUT2D eigenvalue weighted by Crippen LogP contribution is -2.04. The van der Waals surface area contributed by atoms with Crippen LogP contribution in [0.25, 0.3) is 11.0 Å². The van der Waals surface area contributed by atoms with Crippen LogP contribution in [-0.2, 0) is 6.18 Å². The maximum Gasteiger partial charge on any atom is 0.416 e. The molecule has 1 aromatic heterocycles. The Bertz CT molecular complexity index is 753. The second kappa shape index (κ2) is 5.53. The van der Waals surface area contributed by atoms with Gasteiger partial charge >= 0.3 is 6.18 Å². The number of benzene rings is 2. The first-order valence-corrected chi connectivity index (χ1v) is 7.39. The lowest BCUT2D eigenvalue weighted by atomic mass is 10.2. The first-order valence-electron chi connectivity index (χ1n) is 5.85. The minimum atomic E-state index is -4.31. The van der Waals surface area contributed by atoms with Crippen molar-refractivity contribution in [1.29, 1.82) is 0 Å². The van der Waals surface area contributed by atoms with Gasteiger partial charge in [-0.3, -0.25) is 0 Å². The zero-order chi connectivity index (χ0) is 14.9. The van der Waals surface area contributed by atoms with Gasteiger partial charge in [-0.05, 0) is 54.4 Å². The van der Waals surface area contributed by atoms with Crippen LogP contribution in [0.15, 0.2) is 47.4 Å². The lowest BCUT2D eigenvalue weighted by Gasteiger charge is -2.08. The van der Waals surface area contributed by atoms with E-state index in [-0.39, 0.29) is 0 Å². The van der Waals surface area contributed by atoms with Gasteiger partial charge in [0.05, 0.1) is 17.3 Å². The number of aromatic nitrogens is 2. The normalized spacial score (nSPS) is 11.8. The Morgan fingerprint density at radius 3 is 2.38 bits per heavy atom. The van der Waals surface area contributed by atoms with E-state index in [9.17, 15) is 13.2 Å². The van der Waals surface area contributed by atoms with E-state index >= 15 is 0 Å². The van der Waals surface area contributed by atoms with E-state index in [4.69, 9.17) is 0 Å². The zero-order valence-corrected chi connectivity index (χ0v) is 12.0. The Morgan fingerprint density at radius 2 is 1.67 bits per heavy atom. The van der Waals surface area contributed by atoms with Gasteiger partial charge in [-0.25, -0.2) is 0 Å². The number of rotatable bonds is 3. The Morgan fingerprint density at radius 1 is 0.952 bits per heavy atom. The van der Waals surface area contributed by atoms with Gasteiger partial charge in [0.2, 0.25) is 0 Å². The van der Waals surface area contributed by atoms with Crippen LogP contribution < -0.4 is 4.72 Å². The summed E-state index contributed by atoms with van der Waals surface area (Å²) in [7, 11) is 0. The van der Waals surface area contributed by atoms with Gasteiger partial charge in [0.25, 0.3) is 0 Å². The summed E-state index contributed by atoms with van der Waals surface area (Å²) >= 11 is 2.45. The Labute approximate surface area is 126 Å². The maximum atomic E-state index is 12.5. The van der Waals surface area contributed by atoms with Crippen LogP contribution in [0.5, 0.6) is 0 Å². The molecule has 3 rings (SSSR count).